The fourth-order valence-electron chi connectivity index (χ4n) is 4.37. The number of hydrogen-bond acceptors (Lipinski definition) is 3. The van der Waals surface area contributed by atoms with Crippen molar-refractivity contribution in [2.75, 3.05) is 19.7 Å². The average Bonchev–Trinajstić information content (AvgIpc) is 2.71. The van der Waals surface area contributed by atoms with Crippen molar-refractivity contribution < 1.29 is 9.84 Å². The van der Waals surface area contributed by atoms with E-state index in [2.05, 4.69) is 39.9 Å². The van der Waals surface area contributed by atoms with Crippen LogP contribution in [0.25, 0.3) is 0 Å². The number of aliphatic hydroxyl groups is 1. The maximum absolute atomic E-state index is 9.99. The van der Waals surface area contributed by atoms with Crippen LogP contribution in [0, 0.1) is 22.7 Å². The zero-order chi connectivity index (χ0) is 15.7. The minimum Gasteiger partial charge on any atom is -0.392 e. The fraction of sp³-hybridized carbons (Fsp3) is 1.00. The molecule has 2 saturated carbocycles. The van der Waals surface area contributed by atoms with Crippen LogP contribution >= 0.6 is 0 Å². The molecule has 4 atom stereocenters. The van der Waals surface area contributed by atoms with Gasteiger partial charge in [0.2, 0.25) is 0 Å². The van der Waals surface area contributed by atoms with Gasteiger partial charge in [-0.15, -0.1) is 0 Å². The summed E-state index contributed by atoms with van der Waals surface area (Å²) >= 11 is 0. The van der Waals surface area contributed by atoms with Crippen molar-refractivity contribution in [3.05, 3.63) is 0 Å². The van der Waals surface area contributed by atoms with Gasteiger partial charge in [0, 0.05) is 13.2 Å². The predicted octanol–water partition coefficient (Wildman–Crippen LogP) is 3.21. The van der Waals surface area contributed by atoms with Crippen molar-refractivity contribution in [1.82, 2.24) is 5.32 Å². The van der Waals surface area contributed by atoms with Crippen LogP contribution in [-0.2, 0) is 4.74 Å². The Morgan fingerprint density at radius 2 is 1.95 bits per heavy atom. The Kier molecular flexibility index (Phi) is 5.38. The van der Waals surface area contributed by atoms with E-state index in [4.69, 9.17) is 4.74 Å². The summed E-state index contributed by atoms with van der Waals surface area (Å²) < 4.78 is 6.19. The van der Waals surface area contributed by atoms with Crippen molar-refractivity contribution in [3.63, 3.8) is 0 Å². The van der Waals surface area contributed by atoms with Gasteiger partial charge in [-0.2, -0.15) is 0 Å². The molecule has 2 rings (SSSR count). The van der Waals surface area contributed by atoms with Crippen LogP contribution < -0.4 is 5.32 Å². The van der Waals surface area contributed by atoms with Gasteiger partial charge in [-0.25, -0.2) is 0 Å². The minimum atomic E-state index is -0.289. The molecule has 0 aromatic carbocycles. The van der Waals surface area contributed by atoms with Crippen LogP contribution in [0.5, 0.6) is 0 Å². The minimum absolute atomic E-state index is 0.289. The van der Waals surface area contributed by atoms with E-state index in [-0.39, 0.29) is 6.10 Å². The number of rotatable bonds is 8. The maximum Gasteiger partial charge on any atom is 0.0686 e. The monoisotopic (exact) mass is 297 g/mol. The summed E-state index contributed by atoms with van der Waals surface area (Å²) in [6.45, 7) is 13.9. The highest BCUT2D eigenvalue weighted by Crippen LogP contribution is 2.66. The van der Waals surface area contributed by atoms with Crippen molar-refractivity contribution in [2.24, 2.45) is 22.7 Å². The van der Waals surface area contributed by atoms with Gasteiger partial charge in [0.15, 0.2) is 0 Å². The van der Waals surface area contributed by atoms with Crippen LogP contribution in [0.1, 0.15) is 60.3 Å². The molecule has 2 N–H and O–H groups in total. The third-order valence-electron chi connectivity index (χ3n) is 6.42. The van der Waals surface area contributed by atoms with E-state index in [1.54, 1.807) is 0 Å². The lowest BCUT2D eigenvalue weighted by atomic mass is 9.70. The first-order valence-electron chi connectivity index (χ1n) is 8.77. The number of fused-ring (bicyclic) bond motifs is 2. The van der Waals surface area contributed by atoms with E-state index < -0.39 is 0 Å². The summed E-state index contributed by atoms with van der Waals surface area (Å²) in [5, 5.41) is 13.3. The maximum atomic E-state index is 9.99. The van der Waals surface area contributed by atoms with Crippen LogP contribution in [-0.4, -0.2) is 37.0 Å². The molecule has 3 nitrogen and oxygen atoms in total. The van der Waals surface area contributed by atoms with Crippen molar-refractivity contribution in [2.45, 2.75) is 72.5 Å². The van der Waals surface area contributed by atoms with Gasteiger partial charge in [-0.3, -0.25) is 0 Å². The standard InChI is InChI=1S/C18H35NO2/c1-13(2)11-19-12-15(20)7-9-21-16-10-14-6-8-18(16,5)17(14,3)4/h13-16,19-20H,6-12H2,1-5H3/t14-,15+,16+,18-/m0/s1. The van der Waals surface area contributed by atoms with Gasteiger partial charge in [-0.05, 0) is 54.9 Å². The summed E-state index contributed by atoms with van der Waals surface area (Å²) in [6, 6.07) is 0. The Morgan fingerprint density at radius 1 is 1.24 bits per heavy atom. The van der Waals surface area contributed by atoms with Crippen LogP contribution in [0.15, 0.2) is 0 Å². The third kappa shape index (κ3) is 3.46. The Labute approximate surface area is 130 Å². The lowest BCUT2D eigenvalue weighted by Gasteiger charge is -2.39. The molecule has 21 heavy (non-hydrogen) atoms. The molecule has 0 amide bonds. The first-order valence-corrected chi connectivity index (χ1v) is 8.77. The molecule has 124 valence electrons. The summed E-state index contributed by atoms with van der Waals surface area (Å²) in [7, 11) is 0. The van der Waals surface area contributed by atoms with Crippen molar-refractivity contribution >= 4 is 0 Å². The molecular formula is C18H35NO2. The molecule has 0 aromatic heterocycles. The third-order valence-corrected chi connectivity index (χ3v) is 6.42. The first-order chi connectivity index (χ1) is 9.77. The Balaban J connectivity index is 1.68. The Morgan fingerprint density at radius 3 is 2.48 bits per heavy atom. The van der Waals surface area contributed by atoms with Gasteiger partial charge in [0.1, 0.15) is 0 Å². The van der Waals surface area contributed by atoms with Gasteiger partial charge < -0.3 is 15.2 Å². The van der Waals surface area contributed by atoms with Crippen molar-refractivity contribution in [3.8, 4) is 0 Å². The van der Waals surface area contributed by atoms with Crippen LogP contribution in [0.2, 0.25) is 0 Å². The normalized spacial score (nSPS) is 35.6. The molecule has 2 aliphatic carbocycles. The summed E-state index contributed by atoms with van der Waals surface area (Å²) in [5.74, 6) is 1.45. The number of ether oxygens (including phenoxy) is 1. The summed E-state index contributed by atoms with van der Waals surface area (Å²) in [4.78, 5) is 0. The number of hydrogen-bond donors (Lipinski definition) is 2. The van der Waals surface area contributed by atoms with E-state index in [1.807, 2.05) is 0 Å². The molecule has 0 spiro atoms. The molecule has 0 unspecified atom stereocenters. The molecule has 0 saturated heterocycles. The smallest absolute Gasteiger partial charge is 0.0686 e. The molecule has 2 aliphatic rings. The van der Waals surface area contributed by atoms with Crippen LogP contribution in [0.3, 0.4) is 0 Å². The van der Waals surface area contributed by atoms with E-state index in [1.165, 1.54) is 19.3 Å². The second kappa shape index (κ2) is 6.55. The summed E-state index contributed by atoms with van der Waals surface area (Å²) in [6.07, 6.45) is 4.72. The van der Waals surface area contributed by atoms with Crippen LogP contribution in [0.4, 0.5) is 0 Å². The molecule has 0 heterocycles. The number of aliphatic hydroxyl groups excluding tert-OH is 1. The second-order valence-corrected chi connectivity index (χ2v) is 8.46. The van der Waals surface area contributed by atoms with Gasteiger partial charge >= 0.3 is 0 Å². The Hall–Kier alpha value is -0.120. The largest absolute Gasteiger partial charge is 0.392 e. The SMILES string of the molecule is CC(C)CNC[C@H](O)CCO[C@@H]1C[C@@H]2CC[C@]1(C)C2(C)C. The highest BCUT2D eigenvalue weighted by Gasteiger charge is 2.61. The van der Waals surface area contributed by atoms with E-state index >= 15 is 0 Å². The zero-order valence-electron chi connectivity index (χ0n) is 14.6. The summed E-state index contributed by atoms with van der Waals surface area (Å²) in [5.41, 5.74) is 0.744. The molecule has 2 fully saturated rings. The quantitative estimate of drug-likeness (QED) is 0.723. The fourth-order valence-corrected chi connectivity index (χ4v) is 4.37. The second-order valence-electron chi connectivity index (χ2n) is 8.46. The van der Waals surface area contributed by atoms with Gasteiger partial charge in [-0.1, -0.05) is 34.6 Å². The number of nitrogens with one attached hydrogen (secondary N) is 1. The molecule has 0 aliphatic heterocycles. The highest BCUT2D eigenvalue weighted by molar-refractivity contribution is 5.11. The highest BCUT2D eigenvalue weighted by atomic mass is 16.5. The average molecular weight is 297 g/mol. The lowest BCUT2D eigenvalue weighted by Crippen LogP contribution is -2.38. The van der Waals surface area contributed by atoms with E-state index in [0.29, 0.717) is 36.0 Å². The van der Waals surface area contributed by atoms with Gasteiger partial charge in [0.05, 0.1) is 12.2 Å². The molecular weight excluding hydrogens is 262 g/mol. The molecule has 0 aromatic rings. The Bertz CT molecular complexity index is 342. The van der Waals surface area contributed by atoms with E-state index in [9.17, 15) is 5.11 Å². The molecule has 2 bridgehead atoms. The van der Waals surface area contributed by atoms with Gasteiger partial charge in [0.25, 0.3) is 0 Å². The molecule has 3 heteroatoms. The molecule has 0 radical (unpaired) electrons. The topological polar surface area (TPSA) is 41.5 Å². The van der Waals surface area contributed by atoms with Crippen molar-refractivity contribution in [1.29, 1.82) is 0 Å². The van der Waals surface area contributed by atoms with E-state index in [0.717, 1.165) is 18.9 Å². The lowest BCUT2D eigenvalue weighted by molar-refractivity contribution is -0.0546. The first kappa shape index (κ1) is 17.2. The predicted molar refractivity (Wildman–Crippen MR) is 87.3 cm³/mol. The zero-order valence-corrected chi connectivity index (χ0v) is 14.6.